The summed E-state index contributed by atoms with van der Waals surface area (Å²) < 4.78 is 6.59. The van der Waals surface area contributed by atoms with Gasteiger partial charge in [0.25, 0.3) is 5.91 Å². The van der Waals surface area contributed by atoms with Crippen LogP contribution >= 0.6 is 31.9 Å². The molecule has 1 N–H and O–H groups in total. The molecule has 140 valence electrons. The minimum atomic E-state index is -1.30. The van der Waals surface area contributed by atoms with Crippen LogP contribution in [0.5, 0.6) is 0 Å². The maximum Gasteiger partial charge on any atom is 0.337 e. The average Bonchev–Trinajstić information content (AvgIpc) is 2.84. The third kappa shape index (κ3) is 3.53. The van der Waals surface area contributed by atoms with E-state index >= 15 is 0 Å². The third-order valence-corrected chi connectivity index (χ3v) is 5.95. The maximum atomic E-state index is 13.3. The Hall–Kier alpha value is -2.12. The minimum absolute atomic E-state index is 0.222. The second-order valence-corrected chi connectivity index (χ2v) is 7.80. The molecule has 2 aromatic carbocycles. The number of carbonyl (C=O) groups is 2. The second kappa shape index (κ2) is 7.86. The predicted octanol–water partition coefficient (Wildman–Crippen LogP) is 4.84. The molecule has 0 radical (unpaired) electrons. The molecule has 0 fully saturated rings. The molecular formula is C20H18Br2N2O3. The van der Waals surface area contributed by atoms with E-state index in [0.29, 0.717) is 15.9 Å². The Kier molecular flexibility index (Phi) is 5.72. The number of hydrogen-bond acceptors (Lipinski definition) is 4. The van der Waals surface area contributed by atoms with Crippen molar-refractivity contribution < 1.29 is 14.3 Å². The summed E-state index contributed by atoms with van der Waals surface area (Å²) in [6.07, 6.45) is 0. The first-order valence-electron chi connectivity index (χ1n) is 8.39. The molecule has 3 rings (SSSR count). The van der Waals surface area contributed by atoms with E-state index < -0.39 is 11.5 Å². The highest BCUT2D eigenvalue weighted by atomic mass is 79.9. The highest BCUT2D eigenvalue weighted by molar-refractivity contribution is 9.12. The van der Waals surface area contributed by atoms with Crippen LogP contribution in [0.3, 0.4) is 0 Å². The minimum Gasteiger partial charge on any atom is -0.464 e. The van der Waals surface area contributed by atoms with E-state index in [4.69, 9.17) is 4.74 Å². The first-order chi connectivity index (χ1) is 12.9. The lowest BCUT2D eigenvalue weighted by atomic mass is 10.0. The molecule has 1 aliphatic rings. The van der Waals surface area contributed by atoms with Crippen LogP contribution in [0.2, 0.25) is 0 Å². The van der Waals surface area contributed by atoms with Crippen molar-refractivity contribution in [3.63, 3.8) is 0 Å². The van der Waals surface area contributed by atoms with E-state index in [-0.39, 0.29) is 12.5 Å². The molecule has 0 aliphatic carbocycles. The highest BCUT2D eigenvalue weighted by Crippen LogP contribution is 2.43. The largest absolute Gasteiger partial charge is 0.464 e. The van der Waals surface area contributed by atoms with E-state index in [1.165, 1.54) is 4.90 Å². The number of nitrogens with zero attached hydrogens (tertiary/aromatic N) is 1. The number of hydrogen-bond donors (Lipinski definition) is 1. The molecule has 2 aromatic rings. The molecule has 1 atom stereocenters. The fraction of sp³-hybridized carbons (Fsp3) is 0.200. The van der Waals surface area contributed by atoms with Gasteiger partial charge in [-0.1, -0.05) is 40.2 Å². The van der Waals surface area contributed by atoms with Crippen LogP contribution in [0.1, 0.15) is 13.8 Å². The summed E-state index contributed by atoms with van der Waals surface area (Å²) in [5, 5.41) is 3.14. The van der Waals surface area contributed by atoms with Gasteiger partial charge in [-0.15, -0.1) is 0 Å². The Morgan fingerprint density at radius 3 is 2.48 bits per heavy atom. The van der Waals surface area contributed by atoms with Gasteiger partial charge >= 0.3 is 5.97 Å². The van der Waals surface area contributed by atoms with Gasteiger partial charge in [-0.05, 0) is 60.1 Å². The molecule has 0 saturated heterocycles. The molecule has 1 heterocycles. The van der Waals surface area contributed by atoms with Crippen molar-refractivity contribution in [2.45, 2.75) is 19.4 Å². The second-order valence-electron chi connectivity index (χ2n) is 6.09. The topological polar surface area (TPSA) is 58.6 Å². The van der Waals surface area contributed by atoms with Crippen molar-refractivity contribution in [1.82, 2.24) is 0 Å². The van der Waals surface area contributed by atoms with Gasteiger partial charge in [0.05, 0.1) is 11.1 Å². The van der Waals surface area contributed by atoms with Crippen LogP contribution in [0.15, 0.2) is 69.2 Å². The van der Waals surface area contributed by atoms with Gasteiger partial charge in [-0.3, -0.25) is 9.69 Å². The van der Waals surface area contributed by atoms with Crippen molar-refractivity contribution >= 4 is 55.1 Å². The van der Waals surface area contributed by atoms with Crippen LogP contribution in [0.4, 0.5) is 11.4 Å². The van der Waals surface area contributed by atoms with E-state index in [2.05, 4.69) is 37.2 Å². The van der Waals surface area contributed by atoms with Crippen molar-refractivity contribution in [3.8, 4) is 0 Å². The molecule has 27 heavy (non-hydrogen) atoms. The third-order valence-electron chi connectivity index (χ3n) is 4.29. The van der Waals surface area contributed by atoms with Gasteiger partial charge in [0.15, 0.2) is 5.54 Å². The highest BCUT2D eigenvalue weighted by Gasteiger charge is 2.54. The fourth-order valence-corrected chi connectivity index (χ4v) is 3.98. The van der Waals surface area contributed by atoms with Crippen LogP contribution in [0, 0.1) is 0 Å². The van der Waals surface area contributed by atoms with Gasteiger partial charge in [0, 0.05) is 15.8 Å². The van der Waals surface area contributed by atoms with Gasteiger partial charge in [-0.25, -0.2) is 4.79 Å². The van der Waals surface area contributed by atoms with E-state index in [9.17, 15) is 9.59 Å². The number of benzene rings is 2. The lowest BCUT2D eigenvalue weighted by molar-refractivity contribution is -0.147. The van der Waals surface area contributed by atoms with Crippen molar-refractivity contribution in [3.05, 3.63) is 69.2 Å². The molecule has 5 nitrogen and oxygen atoms in total. The molecular weight excluding hydrogens is 476 g/mol. The number of para-hydroxylation sites is 1. The Morgan fingerprint density at radius 2 is 1.85 bits per heavy atom. The normalized spacial score (nSPS) is 19.4. The van der Waals surface area contributed by atoms with E-state index in [0.717, 1.165) is 10.2 Å². The van der Waals surface area contributed by atoms with Crippen LogP contribution in [-0.4, -0.2) is 24.0 Å². The number of carbonyl (C=O) groups excluding carboxylic acids is 2. The molecule has 7 heteroatoms. The summed E-state index contributed by atoms with van der Waals surface area (Å²) in [6.45, 7) is 3.64. The lowest BCUT2D eigenvalue weighted by Crippen LogP contribution is -2.52. The number of ether oxygens (including phenoxy) is 1. The molecule has 1 unspecified atom stereocenters. The fourth-order valence-electron chi connectivity index (χ4n) is 2.97. The van der Waals surface area contributed by atoms with Crippen LogP contribution in [0.25, 0.3) is 0 Å². The Bertz CT molecular complexity index is 914. The number of halogens is 2. The average molecular weight is 494 g/mol. The van der Waals surface area contributed by atoms with Gasteiger partial charge in [0.1, 0.15) is 5.70 Å². The molecule has 1 aliphatic heterocycles. The first-order valence-corrected chi connectivity index (χ1v) is 9.97. The molecule has 0 spiro atoms. The molecule has 0 bridgehead atoms. The smallest absolute Gasteiger partial charge is 0.337 e. The molecule has 1 amide bonds. The number of anilines is 2. The number of rotatable bonds is 5. The summed E-state index contributed by atoms with van der Waals surface area (Å²) in [4.78, 5) is 27.6. The quantitative estimate of drug-likeness (QED) is 0.605. The zero-order valence-corrected chi connectivity index (χ0v) is 18.0. The zero-order valence-electron chi connectivity index (χ0n) is 14.8. The summed E-state index contributed by atoms with van der Waals surface area (Å²) in [5.74, 6) is -0.816. The van der Waals surface area contributed by atoms with Gasteiger partial charge in [-0.2, -0.15) is 0 Å². The van der Waals surface area contributed by atoms with Crippen LogP contribution < -0.4 is 10.2 Å². The monoisotopic (exact) mass is 492 g/mol. The summed E-state index contributed by atoms with van der Waals surface area (Å²) in [6, 6.07) is 16.5. The SMILES string of the molecule is CCOC(=O)C1(C)C(Br)=C(Nc2cccc(Br)c2)C(=O)N1c1ccccc1. The summed E-state index contributed by atoms with van der Waals surface area (Å²) >= 11 is 6.91. The van der Waals surface area contributed by atoms with E-state index in [1.807, 2.05) is 42.5 Å². The Balaban J connectivity index is 2.09. The van der Waals surface area contributed by atoms with Gasteiger partial charge in [0.2, 0.25) is 0 Å². The predicted molar refractivity (Wildman–Crippen MR) is 113 cm³/mol. The van der Waals surface area contributed by atoms with Crippen molar-refractivity contribution in [2.75, 3.05) is 16.8 Å². The first kappa shape index (κ1) is 19.6. The number of esters is 1. The number of nitrogens with one attached hydrogen (secondary N) is 1. The zero-order chi connectivity index (χ0) is 19.6. The molecule has 0 saturated carbocycles. The Labute approximate surface area is 174 Å². The Morgan fingerprint density at radius 1 is 1.15 bits per heavy atom. The number of amides is 1. The van der Waals surface area contributed by atoms with E-state index in [1.54, 1.807) is 26.0 Å². The van der Waals surface area contributed by atoms with Crippen molar-refractivity contribution in [1.29, 1.82) is 0 Å². The van der Waals surface area contributed by atoms with Gasteiger partial charge < -0.3 is 10.1 Å². The summed E-state index contributed by atoms with van der Waals surface area (Å²) in [5.41, 5.74) is 0.335. The van der Waals surface area contributed by atoms with Crippen molar-refractivity contribution in [2.24, 2.45) is 0 Å². The standard InChI is InChI=1S/C20H18Br2N2O3/c1-3-27-19(26)20(2)17(22)16(23-14-9-7-8-13(21)12-14)18(25)24(20)15-10-5-4-6-11-15/h4-12,23H,3H2,1-2H3. The van der Waals surface area contributed by atoms with Crippen LogP contribution in [-0.2, 0) is 14.3 Å². The lowest BCUT2D eigenvalue weighted by Gasteiger charge is -2.33. The maximum absolute atomic E-state index is 13.3. The molecule has 0 aromatic heterocycles. The summed E-state index contributed by atoms with van der Waals surface area (Å²) in [7, 11) is 0.